The number of amides is 1. The maximum absolute atomic E-state index is 13.0. The van der Waals surface area contributed by atoms with Crippen molar-refractivity contribution < 1.29 is 9.53 Å². The fourth-order valence-corrected chi connectivity index (χ4v) is 3.57. The summed E-state index contributed by atoms with van der Waals surface area (Å²) in [5.74, 6) is 1.73. The molecule has 5 aromatic rings. The van der Waals surface area contributed by atoms with E-state index in [0.717, 1.165) is 22.6 Å². The second-order valence-corrected chi connectivity index (χ2v) is 7.72. The molecule has 4 aromatic carbocycles. The molecule has 0 saturated carbocycles. The molecule has 166 valence electrons. The van der Waals surface area contributed by atoms with Crippen molar-refractivity contribution in [1.29, 1.82) is 0 Å². The standard InChI is InChI=1S/C28H22N4O2/c1-20-10-8-9-15-25(20)32-27(21-11-4-2-5-12-21)30-26(31-32)28(33)29-22-16-18-24(19-17-22)34-23-13-6-3-7-14-23/h2-19H,1H3,(H,29,33). The molecule has 1 N–H and O–H groups in total. The van der Waals surface area contributed by atoms with Crippen LogP contribution in [0.15, 0.2) is 109 Å². The SMILES string of the molecule is Cc1ccccc1-n1nc(C(=O)Nc2ccc(Oc3ccccc3)cc2)nc1-c1ccccc1. The number of aryl methyl sites for hydroxylation is 1. The lowest BCUT2D eigenvalue weighted by molar-refractivity contribution is 0.101. The number of hydrogen-bond donors (Lipinski definition) is 1. The summed E-state index contributed by atoms with van der Waals surface area (Å²) in [7, 11) is 0. The second kappa shape index (κ2) is 9.42. The maximum Gasteiger partial charge on any atom is 0.295 e. The van der Waals surface area contributed by atoms with Gasteiger partial charge < -0.3 is 10.1 Å². The first-order valence-corrected chi connectivity index (χ1v) is 10.9. The topological polar surface area (TPSA) is 69.0 Å². The zero-order valence-corrected chi connectivity index (χ0v) is 18.6. The summed E-state index contributed by atoms with van der Waals surface area (Å²) in [5.41, 5.74) is 3.40. The predicted octanol–water partition coefficient (Wildman–Crippen LogP) is 6.29. The summed E-state index contributed by atoms with van der Waals surface area (Å²) in [6.45, 7) is 2.00. The minimum atomic E-state index is -0.388. The highest BCUT2D eigenvalue weighted by Gasteiger charge is 2.19. The number of rotatable bonds is 6. The smallest absolute Gasteiger partial charge is 0.295 e. The summed E-state index contributed by atoms with van der Waals surface area (Å²) >= 11 is 0. The lowest BCUT2D eigenvalue weighted by Gasteiger charge is -2.08. The third-order valence-electron chi connectivity index (χ3n) is 5.28. The van der Waals surface area contributed by atoms with E-state index in [4.69, 9.17) is 4.74 Å². The van der Waals surface area contributed by atoms with E-state index in [0.29, 0.717) is 17.3 Å². The molecule has 0 bridgehead atoms. The van der Waals surface area contributed by atoms with Crippen LogP contribution >= 0.6 is 0 Å². The Morgan fingerprint density at radius 2 is 1.38 bits per heavy atom. The van der Waals surface area contributed by atoms with Gasteiger partial charge in [-0.05, 0) is 55.0 Å². The van der Waals surface area contributed by atoms with Gasteiger partial charge >= 0.3 is 0 Å². The number of carbonyl (C=O) groups is 1. The number of nitrogens with zero attached hydrogens (tertiary/aromatic N) is 3. The number of hydrogen-bond acceptors (Lipinski definition) is 4. The first-order valence-electron chi connectivity index (χ1n) is 10.9. The molecule has 0 atom stereocenters. The molecule has 0 aliphatic heterocycles. The molecule has 6 nitrogen and oxygen atoms in total. The van der Waals surface area contributed by atoms with Crippen LogP contribution in [0, 0.1) is 6.92 Å². The van der Waals surface area contributed by atoms with Gasteiger partial charge in [-0.15, -0.1) is 5.10 Å². The number of carbonyl (C=O) groups excluding carboxylic acids is 1. The molecule has 0 radical (unpaired) electrons. The third kappa shape index (κ3) is 4.56. The Bertz CT molecular complexity index is 1410. The molecule has 0 aliphatic rings. The summed E-state index contributed by atoms with van der Waals surface area (Å²) in [6.07, 6.45) is 0. The number of anilines is 1. The number of ether oxygens (including phenoxy) is 1. The van der Waals surface area contributed by atoms with E-state index >= 15 is 0 Å². The largest absolute Gasteiger partial charge is 0.457 e. The molecule has 0 fully saturated rings. The van der Waals surface area contributed by atoms with Crippen LogP contribution in [0.2, 0.25) is 0 Å². The van der Waals surface area contributed by atoms with Gasteiger partial charge in [0.05, 0.1) is 5.69 Å². The number of aromatic nitrogens is 3. The van der Waals surface area contributed by atoms with Gasteiger partial charge in [-0.3, -0.25) is 4.79 Å². The van der Waals surface area contributed by atoms with Crippen LogP contribution in [0.4, 0.5) is 5.69 Å². The van der Waals surface area contributed by atoms with E-state index < -0.39 is 0 Å². The van der Waals surface area contributed by atoms with Crippen LogP contribution in [0.1, 0.15) is 16.2 Å². The Morgan fingerprint density at radius 1 is 0.765 bits per heavy atom. The number of nitrogens with one attached hydrogen (secondary N) is 1. The van der Waals surface area contributed by atoms with Crippen molar-refractivity contribution in [2.24, 2.45) is 0 Å². The highest BCUT2D eigenvalue weighted by Crippen LogP contribution is 2.25. The summed E-state index contributed by atoms with van der Waals surface area (Å²) in [6, 6.07) is 34.3. The van der Waals surface area contributed by atoms with Gasteiger partial charge in [0.1, 0.15) is 11.5 Å². The molecule has 1 aromatic heterocycles. The molecular weight excluding hydrogens is 424 g/mol. The fraction of sp³-hybridized carbons (Fsp3) is 0.0357. The van der Waals surface area contributed by atoms with Crippen molar-refractivity contribution in [1.82, 2.24) is 14.8 Å². The van der Waals surface area contributed by atoms with Crippen molar-refractivity contribution in [2.45, 2.75) is 6.92 Å². The van der Waals surface area contributed by atoms with Crippen molar-refractivity contribution in [3.8, 4) is 28.6 Å². The monoisotopic (exact) mass is 446 g/mol. The first kappa shape index (κ1) is 21.2. The number of benzene rings is 4. The van der Waals surface area contributed by atoms with Gasteiger partial charge in [0.15, 0.2) is 5.82 Å². The van der Waals surface area contributed by atoms with Gasteiger partial charge in [-0.1, -0.05) is 66.7 Å². The molecule has 0 aliphatic carbocycles. The van der Waals surface area contributed by atoms with E-state index in [1.165, 1.54) is 0 Å². The molecule has 1 amide bonds. The summed E-state index contributed by atoms with van der Waals surface area (Å²) < 4.78 is 7.53. The van der Waals surface area contributed by atoms with Crippen LogP contribution in [0.25, 0.3) is 17.1 Å². The minimum absolute atomic E-state index is 0.0896. The zero-order chi connectivity index (χ0) is 23.3. The van der Waals surface area contributed by atoms with E-state index in [1.54, 1.807) is 28.9 Å². The molecule has 5 rings (SSSR count). The Hall–Kier alpha value is -4.71. The van der Waals surface area contributed by atoms with Crippen LogP contribution in [0.5, 0.6) is 11.5 Å². The highest BCUT2D eigenvalue weighted by molar-refractivity contribution is 6.01. The Balaban J connectivity index is 1.40. The highest BCUT2D eigenvalue weighted by atomic mass is 16.5. The average Bonchev–Trinajstić information content (AvgIpc) is 3.32. The number of para-hydroxylation sites is 2. The van der Waals surface area contributed by atoms with E-state index in [1.807, 2.05) is 91.9 Å². The Morgan fingerprint density at radius 3 is 2.09 bits per heavy atom. The maximum atomic E-state index is 13.0. The predicted molar refractivity (Wildman–Crippen MR) is 132 cm³/mol. The van der Waals surface area contributed by atoms with Gasteiger partial charge in [-0.2, -0.15) is 0 Å². The van der Waals surface area contributed by atoms with Crippen molar-refractivity contribution in [3.05, 3.63) is 121 Å². The van der Waals surface area contributed by atoms with E-state index in [9.17, 15) is 4.79 Å². The van der Waals surface area contributed by atoms with Gasteiger partial charge in [-0.25, -0.2) is 9.67 Å². The minimum Gasteiger partial charge on any atom is -0.457 e. The van der Waals surface area contributed by atoms with Crippen LogP contribution in [-0.2, 0) is 0 Å². The molecule has 1 heterocycles. The summed E-state index contributed by atoms with van der Waals surface area (Å²) in [4.78, 5) is 17.6. The van der Waals surface area contributed by atoms with Crippen molar-refractivity contribution in [2.75, 3.05) is 5.32 Å². The van der Waals surface area contributed by atoms with Gasteiger partial charge in [0.2, 0.25) is 5.82 Å². The zero-order valence-electron chi connectivity index (χ0n) is 18.6. The summed E-state index contributed by atoms with van der Waals surface area (Å²) in [5, 5.41) is 7.43. The molecule has 34 heavy (non-hydrogen) atoms. The normalized spacial score (nSPS) is 10.6. The Labute approximate surface area is 197 Å². The lowest BCUT2D eigenvalue weighted by atomic mass is 10.2. The van der Waals surface area contributed by atoms with Crippen molar-refractivity contribution in [3.63, 3.8) is 0 Å². The quantitative estimate of drug-likeness (QED) is 0.333. The third-order valence-corrected chi connectivity index (χ3v) is 5.28. The van der Waals surface area contributed by atoms with Gasteiger partial charge in [0.25, 0.3) is 5.91 Å². The second-order valence-electron chi connectivity index (χ2n) is 7.72. The molecule has 0 unspecified atom stereocenters. The average molecular weight is 447 g/mol. The first-order chi connectivity index (χ1) is 16.7. The molecule has 0 saturated heterocycles. The van der Waals surface area contributed by atoms with Crippen LogP contribution < -0.4 is 10.1 Å². The van der Waals surface area contributed by atoms with E-state index in [2.05, 4.69) is 15.4 Å². The van der Waals surface area contributed by atoms with Crippen molar-refractivity contribution >= 4 is 11.6 Å². The molecular formula is C28H22N4O2. The molecule has 6 heteroatoms. The lowest BCUT2D eigenvalue weighted by Crippen LogP contribution is -2.14. The van der Waals surface area contributed by atoms with E-state index in [-0.39, 0.29) is 11.7 Å². The fourth-order valence-electron chi connectivity index (χ4n) is 3.57. The Kier molecular flexibility index (Phi) is 5.86. The van der Waals surface area contributed by atoms with Crippen LogP contribution in [-0.4, -0.2) is 20.7 Å². The van der Waals surface area contributed by atoms with Gasteiger partial charge in [0, 0.05) is 11.3 Å². The van der Waals surface area contributed by atoms with Crippen LogP contribution in [0.3, 0.4) is 0 Å². The molecule has 0 spiro atoms.